The molecule has 6 nitrogen and oxygen atoms in total. The first-order valence-corrected chi connectivity index (χ1v) is 9.29. The molecule has 140 valence electrons. The first-order chi connectivity index (χ1) is 12.8. The van der Waals surface area contributed by atoms with Crippen LogP contribution in [-0.4, -0.2) is 35.2 Å². The molecule has 0 radical (unpaired) electrons. The molecule has 1 aromatic heterocycles. The summed E-state index contributed by atoms with van der Waals surface area (Å²) in [6.07, 6.45) is 1.45. The van der Waals surface area contributed by atoms with E-state index in [2.05, 4.69) is 4.74 Å². The van der Waals surface area contributed by atoms with Gasteiger partial charge in [-0.25, -0.2) is 4.79 Å². The van der Waals surface area contributed by atoms with Gasteiger partial charge in [0.05, 0.1) is 17.0 Å². The maximum absolute atomic E-state index is 12.5. The topological polar surface area (TPSA) is 76.8 Å². The summed E-state index contributed by atoms with van der Waals surface area (Å²) in [6, 6.07) is 7.35. The second kappa shape index (κ2) is 7.80. The molecule has 27 heavy (non-hydrogen) atoms. The Kier molecular flexibility index (Phi) is 5.64. The number of esters is 1. The van der Waals surface area contributed by atoms with Crippen molar-refractivity contribution in [2.24, 2.45) is 0 Å². The Morgan fingerprint density at radius 1 is 1.26 bits per heavy atom. The van der Waals surface area contributed by atoms with Crippen LogP contribution in [-0.2, 0) is 14.3 Å². The largest absolute Gasteiger partial charge is 0.467 e. The van der Waals surface area contributed by atoms with E-state index in [-0.39, 0.29) is 4.91 Å². The van der Waals surface area contributed by atoms with Crippen molar-refractivity contribution in [3.05, 3.63) is 51.0 Å². The molecule has 0 unspecified atom stereocenters. The van der Waals surface area contributed by atoms with E-state index in [1.54, 1.807) is 30.3 Å². The van der Waals surface area contributed by atoms with Crippen molar-refractivity contribution in [3.63, 3.8) is 0 Å². The fraction of sp³-hybridized carbons (Fsp3) is 0.167. The normalized spacial score (nSPS) is 16.9. The number of carbonyl (C=O) groups is 3. The fourth-order valence-corrected chi connectivity index (χ4v) is 3.87. The predicted octanol–water partition coefficient (Wildman–Crippen LogP) is 4.85. The summed E-state index contributed by atoms with van der Waals surface area (Å²) < 4.78 is 10.3. The SMILES string of the molecule is COC(=O)[C@H](C)N1C(=O)S/C(=C/c2ccc(-c3ccc(Cl)cc3Cl)o2)C1=O. The second-order valence-electron chi connectivity index (χ2n) is 5.58. The van der Waals surface area contributed by atoms with Crippen molar-refractivity contribution < 1.29 is 23.5 Å². The lowest BCUT2D eigenvalue weighted by Crippen LogP contribution is -2.42. The number of hydrogen-bond acceptors (Lipinski definition) is 6. The molecule has 3 rings (SSSR count). The molecule has 0 spiro atoms. The van der Waals surface area contributed by atoms with Gasteiger partial charge in [0.2, 0.25) is 0 Å². The van der Waals surface area contributed by atoms with Crippen molar-refractivity contribution in [2.45, 2.75) is 13.0 Å². The zero-order valence-electron chi connectivity index (χ0n) is 14.2. The van der Waals surface area contributed by atoms with Crippen LogP contribution in [0.25, 0.3) is 17.4 Å². The van der Waals surface area contributed by atoms with Crippen molar-refractivity contribution >= 4 is 58.2 Å². The van der Waals surface area contributed by atoms with E-state index in [1.807, 2.05) is 0 Å². The van der Waals surface area contributed by atoms with E-state index in [0.29, 0.717) is 27.1 Å². The minimum absolute atomic E-state index is 0.152. The molecule has 0 N–H and O–H groups in total. The summed E-state index contributed by atoms with van der Waals surface area (Å²) in [7, 11) is 1.19. The van der Waals surface area contributed by atoms with Crippen LogP contribution in [0.3, 0.4) is 0 Å². The van der Waals surface area contributed by atoms with Crippen molar-refractivity contribution in [1.82, 2.24) is 4.90 Å². The molecule has 1 saturated heterocycles. The van der Waals surface area contributed by atoms with Gasteiger partial charge in [0.25, 0.3) is 11.1 Å². The Morgan fingerprint density at radius 2 is 2.00 bits per heavy atom. The molecule has 1 aromatic carbocycles. The molecule has 2 amide bonds. The van der Waals surface area contributed by atoms with Gasteiger partial charge in [0.15, 0.2) is 0 Å². The van der Waals surface area contributed by atoms with Gasteiger partial charge in [-0.05, 0) is 49.0 Å². The van der Waals surface area contributed by atoms with Crippen molar-refractivity contribution in [1.29, 1.82) is 0 Å². The highest BCUT2D eigenvalue weighted by Gasteiger charge is 2.41. The van der Waals surface area contributed by atoms with Crippen LogP contribution in [0.15, 0.2) is 39.7 Å². The number of rotatable bonds is 4. The van der Waals surface area contributed by atoms with Gasteiger partial charge in [0, 0.05) is 16.7 Å². The number of nitrogens with zero attached hydrogens (tertiary/aromatic N) is 1. The van der Waals surface area contributed by atoms with Crippen molar-refractivity contribution in [2.75, 3.05) is 7.11 Å². The van der Waals surface area contributed by atoms with Crippen LogP contribution in [0.5, 0.6) is 0 Å². The van der Waals surface area contributed by atoms with Crippen LogP contribution < -0.4 is 0 Å². The average Bonchev–Trinajstić information content (AvgIpc) is 3.18. The minimum atomic E-state index is -1.01. The molecular formula is C18H13Cl2NO5S. The number of hydrogen-bond donors (Lipinski definition) is 0. The second-order valence-corrected chi connectivity index (χ2v) is 7.41. The highest BCUT2D eigenvalue weighted by molar-refractivity contribution is 8.18. The number of ether oxygens (including phenoxy) is 1. The monoisotopic (exact) mass is 425 g/mol. The first kappa shape index (κ1) is 19.5. The molecule has 0 saturated carbocycles. The summed E-state index contributed by atoms with van der Waals surface area (Å²) in [5.41, 5.74) is 0.646. The van der Waals surface area contributed by atoms with Gasteiger partial charge in [-0.1, -0.05) is 23.2 Å². The molecule has 2 aromatic rings. The summed E-state index contributed by atoms with van der Waals surface area (Å²) >= 11 is 12.8. The maximum Gasteiger partial charge on any atom is 0.328 e. The van der Waals surface area contributed by atoms with Gasteiger partial charge in [-0.15, -0.1) is 0 Å². The summed E-state index contributed by atoms with van der Waals surface area (Å²) in [6.45, 7) is 1.43. The van der Waals surface area contributed by atoms with E-state index in [9.17, 15) is 14.4 Å². The lowest BCUT2D eigenvalue weighted by atomic mass is 10.2. The summed E-state index contributed by atoms with van der Waals surface area (Å²) in [5, 5.41) is 0.385. The smallest absolute Gasteiger partial charge is 0.328 e. The average molecular weight is 426 g/mol. The zero-order valence-corrected chi connectivity index (χ0v) is 16.5. The number of carbonyl (C=O) groups excluding carboxylic acids is 3. The predicted molar refractivity (Wildman–Crippen MR) is 103 cm³/mol. The summed E-state index contributed by atoms with van der Waals surface area (Å²) in [5.74, 6) is -0.390. The lowest BCUT2D eigenvalue weighted by molar-refractivity contribution is -0.148. The number of halogens is 2. The zero-order chi connectivity index (χ0) is 19.7. The van der Waals surface area contributed by atoms with Crippen LogP contribution in [0.1, 0.15) is 12.7 Å². The third-order valence-corrected chi connectivity index (χ3v) is 5.28. The molecular weight excluding hydrogens is 413 g/mol. The molecule has 1 atom stereocenters. The van der Waals surface area contributed by atoms with E-state index >= 15 is 0 Å². The highest BCUT2D eigenvalue weighted by Crippen LogP contribution is 2.36. The Labute approximate surface area is 169 Å². The Hall–Kier alpha value is -2.22. The third kappa shape index (κ3) is 3.90. The van der Waals surface area contributed by atoms with Crippen LogP contribution in [0.2, 0.25) is 10.0 Å². The maximum atomic E-state index is 12.5. The third-order valence-electron chi connectivity index (χ3n) is 3.85. The van der Waals surface area contributed by atoms with Crippen LogP contribution in [0, 0.1) is 0 Å². The quantitative estimate of drug-likeness (QED) is 0.514. The number of thioether (sulfide) groups is 1. The first-order valence-electron chi connectivity index (χ1n) is 7.72. The van der Waals surface area contributed by atoms with Crippen molar-refractivity contribution in [3.8, 4) is 11.3 Å². The highest BCUT2D eigenvalue weighted by atomic mass is 35.5. The van der Waals surface area contributed by atoms with E-state index in [1.165, 1.54) is 20.1 Å². The lowest BCUT2D eigenvalue weighted by Gasteiger charge is -2.18. The molecule has 0 aliphatic carbocycles. The number of methoxy groups -OCH3 is 1. The van der Waals surface area contributed by atoms with Gasteiger partial charge in [-0.2, -0.15) is 0 Å². The molecule has 0 bridgehead atoms. The van der Waals surface area contributed by atoms with Crippen LogP contribution >= 0.6 is 35.0 Å². The number of amides is 2. The van der Waals surface area contributed by atoms with Gasteiger partial charge >= 0.3 is 5.97 Å². The Morgan fingerprint density at radius 3 is 2.67 bits per heavy atom. The Bertz CT molecular complexity index is 968. The fourth-order valence-electron chi connectivity index (χ4n) is 2.48. The standard InChI is InChI=1S/C18H13Cl2NO5S/c1-9(17(23)25-2)21-16(22)15(27-18(21)24)8-11-4-6-14(26-11)12-5-3-10(19)7-13(12)20/h3-9H,1-2H3/b15-8+/t9-/m0/s1. The van der Waals surface area contributed by atoms with Gasteiger partial charge < -0.3 is 9.15 Å². The molecule has 1 fully saturated rings. The number of benzene rings is 1. The number of imide groups is 1. The van der Waals surface area contributed by atoms with E-state index in [0.717, 1.165) is 16.7 Å². The van der Waals surface area contributed by atoms with Crippen LogP contribution in [0.4, 0.5) is 4.79 Å². The van der Waals surface area contributed by atoms with Gasteiger partial charge in [-0.3, -0.25) is 14.5 Å². The molecule has 1 aliphatic rings. The van der Waals surface area contributed by atoms with E-state index in [4.69, 9.17) is 27.6 Å². The molecule has 2 heterocycles. The molecule has 1 aliphatic heterocycles. The minimum Gasteiger partial charge on any atom is -0.467 e. The van der Waals surface area contributed by atoms with Gasteiger partial charge in [0.1, 0.15) is 17.6 Å². The molecule has 9 heteroatoms. The summed E-state index contributed by atoms with van der Waals surface area (Å²) in [4.78, 5) is 37.2. The Balaban J connectivity index is 1.86. The number of furan rings is 1. The van der Waals surface area contributed by atoms with E-state index < -0.39 is 23.2 Å².